The third-order valence-corrected chi connectivity index (χ3v) is 8.24. The minimum Gasteiger partial charge on any atom is -0.299 e. The van der Waals surface area contributed by atoms with Crippen LogP contribution in [-0.2, 0) is 13.2 Å². The minimum absolute atomic E-state index is 0.386. The van der Waals surface area contributed by atoms with Crippen LogP contribution in [0.2, 0.25) is 0 Å². The van der Waals surface area contributed by atoms with Crippen LogP contribution in [0, 0.1) is 6.92 Å². The number of fused-ring (bicyclic) bond motifs is 1. The van der Waals surface area contributed by atoms with Gasteiger partial charge in [-0.2, -0.15) is 10.2 Å². The van der Waals surface area contributed by atoms with E-state index in [1.54, 1.807) is 6.20 Å². The lowest BCUT2D eigenvalue weighted by Gasteiger charge is -2.31. The Morgan fingerprint density at radius 1 is 0.909 bits per heavy atom. The Hall–Kier alpha value is -5.02. The highest BCUT2D eigenvalue weighted by Gasteiger charge is 2.24. The number of likely N-dealkylation sites (tertiary alicyclic amines) is 1. The van der Waals surface area contributed by atoms with E-state index < -0.39 is 0 Å². The average Bonchev–Trinajstić information content (AvgIpc) is 3.71. The summed E-state index contributed by atoms with van der Waals surface area (Å²) in [6.45, 7) is 5.36. The molecule has 5 heterocycles. The van der Waals surface area contributed by atoms with Gasteiger partial charge in [0, 0.05) is 48.5 Å². The summed E-state index contributed by atoms with van der Waals surface area (Å²) in [5.41, 5.74) is 7.35. The average molecular weight is 582 g/mol. The first kappa shape index (κ1) is 27.8. The fourth-order valence-electron chi connectivity index (χ4n) is 5.95. The van der Waals surface area contributed by atoms with Crippen molar-refractivity contribution in [2.45, 2.75) is 45.3 Å². The first-order chi connectivity index (χ1) is 21.7. The number of aromatic nitrogens is 6. The quantitative estimate of drug-likeness (QED) is 0.251. The molecule has 0 atom stereocenters. The van der Waals surface area contributed by atoms with Crippen molar-refractivity contribution in [3.8, 4) is 11.5 Å². The third-order valence-electron chi connectivity index (χ3n) is 8.24. The maximum atomic E-state index is 5.12. The molecule has 9 heteroatoms. The molecule has 1 saturated heterocycles. The standard InChI is InChI=1S/C35H35N9/c1-25-22-32-37-19-7-10-30(27-8-3-2-4-9-27)33(38-24-44(32)42-25)28-14-12-26(13-15-28)23-43-20-16-29(17-21-43)34-39-35(41-40-34)31-11-5-6-18-36-31/h2-6,8-15,18-19,22,29H,7,16-17,20-21,23-24H2,1H3,(H,39,40,41). The van der Waals surface area contributed by atoms with E-state index in [4.69, 9.17) is 9.98 Å². The molecule has 3 aromatic heterocycles. The van der Waals surface area contributed by atoms with Gasteiger partial charge < -0.3 is 0 Å². The highest BCUT2D eigenvalue weighted by Crippen LogP contribution is 2.28. The number of aryl methyl sites for hydroxylation is 1. The molecule has 2 aliphatic rings. The summed E-state index contributed by atoms with van der Waals surface area (Å²) in [4.78, 5) is 21.4. The van der Waals surface area contributed by atoms with Crippen molar-refractivity contribution in [2.24, 2.45) is 9.98 Å². The van der Waals surface area contributed by atoms with Crippen molar-refractivity contribution in [1.82, 2.24) is 34.8 Å². The van der Waals surface area contributed by atoms with Crippen LogP contribution in [0.15, 0.2) is 101 Å². The van der Waals surface area contributed by atoms with Crippen LogP contribution < -0.4 is 0 Å². The smallest absolute Gasteiger partial charge is 0.199 e. The second-order valence-electron chi connectivity index (χ2n) is 11.3. The van der Waals surface area contributed by atoms with E-state index in [-0.39, 0.29) is 0 Å². The molecule has 2 aliphatic heterocycles. The maximum Gasteiger partial charge on any atom is 0.199 e. The van der Waals surface area contributed by atoms with Gasteiger partial charge in [-0.05, 0) is 56.1 Å². The molecule has 5 aromatic rings. The van der Waals surface area contributed by atoms with E-state index in [1.807, 2.05) is 48.2 Å². The Morgan fingerprint density at radius 2 is 1.73 bits per heavy atom. The van der Waals surface area contributed by atoms with E-state index in [2.05, 4.69) is 84.8 Å². The number of hydrogen-bond acceptors (Lipinski definition) is 7. The molecule has 0 unspecified atom stereocenters. The van der Waals surface area contributed by atoms with E-state index in [0.29, 0.717) is 24.8 Å². The molecule has 0 bridgehead atoms. The second-order valence-corrected chi connectivity index (χ2v) is 11.3. The Kier molecular flexibility index (Phi) is 8.01. The predicted octanol–water partition coefficient (Wildman–Crippen LogP) is 6.39. The number of nitrogens with one attached hydrogen (secondary N) is 1. The molecule has 0 spiro atoms. The van der Waals surface area contributed by atoms with E-state index in [1.165, 1.54) is 5.56 Å². The molecule has 7 rings (SSSR count). The SMILES string of the molecule is Cc1cc2n(n1)CN=C(c1ccc(CN3CCC(c4nc(-c5ccccn5)n[nH]4)CC3)cc1)C(c1ccccc1)=CCC=N2. The van der Waals surface area contributed by atoms with E-state index >= 15 is 0 Å². The molecular formula is C35H35N9. The predicted molar refractivity (Wildman–Crippen MR) is 174 cm³/mol. The van der Waals surface area contributed by atoms with Crippen molar-refractivity contribution in [1.29, 1.82) is 0 Å². The van der Waals surface area contributed by atoms with Crippen molar-refractivity contribution < 1.29 is 0 Å². The summed E-state index contributed by atoms with van der Waals surface area (Å²) in [6.07, 6.45) is 8.76. The summed E-state index contributed by atoms with van der Waals surface area (Å²) in [6, 6.07) is 27.2. The number of H-pyrrole nitrogens is 1. The number of rotatable bonds is 6. The van der Waals surface area contributed by atoms with Gasteiger partial charge in [-0.1, -0.05) is 66.7 Å². The summed E-state index contributed by atoms with van der Waals surface area (Å²) in [5, 5.41) is 12.2. The van der Waals surface area contributed by atoms with Crippen molar-refractivity contribution >= 4 is 23.3 Å². The van der Waals surface area contributed by atoms with E-state index in [9.17, 15) is 0 Å². The highest BCUT2D eigenvalue weighted by atomic mass is 15.3. The topological polar surface area (TPSA) is 100 Å². The number of pyridine rings is 1. The summed E-state index contributed by atoms with van der Waals surface area (Å²) in [5.74, 6) is 2.85. The fourth-order valence-corrected chi connectivity index (χ4v) is 5.95. The zero-order chi connectivity index (χ0) is 29.7. The lowest BCUT2D eigenvalue weighted by molar-refractivity contribution is 0.202. The van der Waals surface area contributed by atoms with Gasteiger partial charge in [0.25, 0.3) is 0 Å². The summed E-state index contributed by atoms with van der Waals surface area (Å²) in [7, 11) is 0. The number of allylic oxidation sites excluding steroid dienone is 2. The molecule has 0 aliphatic carbocycles. The van der Waals surface area contributed by atoms with Gasteiger partial charge >= 0.3 is 0 Å². The zero-order valence-electron chi connectivity index (χ0n) is 24.8. The molecule has 220 valence electrons. The summed E-state index contributed by atoms with van der Waals surface area (Å²) < 4.78 is 1.87. The first-order valence-electron chi connectivity index (χ1n) is 15.2. The number of benzene rings is 2. The molecule has 0 radical (unpaired) electrons. The number of nitrogens with zero attached hydrogens (tertiary/aromatic N) is 8. The van der Waals surface area contributed by atoms with E-state index in [0.717, 1.165) is 77.9 Å². The largest absolute Gasteiger partial charge is 0.299 e. The van der Waals surface area contributed by atoms with Crippen molar-refractivity contribution in [2.75, 3.05) is 13.1 Å². The Bertz CT molecular complexity index is 1790. The molecule has 0 saturated carbocycles. The van der Waals surface area contributed by atoms with Crippen LogP contribution in [0.1, 0.15) is 53.4 Å². The maximum absolute atomic E-state index is 5.12. The Balaban J connectivity index is 1.05. The minimum atomic E-state index is 0.386. The molecule has 2 aromatic carbocycles. The lowest BCUT2D eigenvalue weighted by atomic mass is 9.93. The number of aromatic amines is 1. The van der Waals surface area contributed by atoms with Crippen LogP contribution >= 0.6 is 0 Å². The molecule has 0 amide bonds. The normalized spacial score (nSPS) is 16.3. The number of piperidine rings is 1. The molecule has 9 nitrogen and oxygen atoms in total. The van der Waals surface area contributed by atoms with Gasteiger partial charge in [0.2, 0.25) is 0 Å². The van der Waals surface area contributed by atoms with Gasteiger partial charge in [-0.25, -0.2) is 14.7 Å². The van der Waals surface area contributed by atoms with Crippen LogP contribution in [0.3, 0.4) is 0 Å². The third kappa shape index (κ3) is 6.18. The van der Waals surface area contributed by atoms with Crippen LogP contribution in [0.25, 0.3) is 17.1 Å². The van der Waals surface area contributed by atoms with Crippen molar-refractivity contribution in [3.63, 3.8) is 0 Å². The number of hydrogen-bond donors (Lipinski definition) is 1. The van der Waals surface area contributed by atoms with Crippen LogP contribution in [-0.4, -0.2) is 59.9 Å². The first-order valence-corrected chi connectivity index (χ1v) is 15.2. The summed E-state index contributed by atoms with van der Waals surface area (Å²) >= 11 is 0. The van der Waals surface area contributed by atoms with Crippen LogP contribution in [0.4, 0.5) is 5.82 Å². The van der Waals surface area contributed by atoms with Gasteiger partial charge in [0.1, 0.15) is 18.2 Å². The van der Waals surface area contributed by atoms with Gasteiger partial charge in [0.05, 0.1) is 11.4 Å². The lowest BCUT2D eigenvalue weighted by Crippen LogP contribution is -2.32. The second kappa shape index (κ2) is 12.7. The monoisotopic (exact) mass is 581 g/mol. The number of aliphatic imine (C=N–C) groups is 2. The van der Waals surface area contributed by atoms with Gasteiger partial charge in [0.15, 0.2) is 11.6 Å². The molecular weight excluding hydrogens is 546 g/mol. The van der Waals surface area contributed by atoms with Crippen molar-refractivity contribution in [3.05, 3.63) is 119 Å². The zero-order valence-corrected chi connectivity index (χ0v) is 24.8. The van der Waals surface area contributed by atoms with Gasteiger partial charge in [-0.15, -0.1) is 0 Å². The molecule has 1 fully saturated rings. The fraction of sp³-hybridized carbons (Fsp3) is 0.257. The van der Waals surface area contributed by atoms with Gasteiger partial charge in [-0.3, -0.25) is 20.0 Å². The van der Waals surface area contributed by atoms with Crippen LogP contribution in [0.5, 0.6) is 0 Å². The molecule has 44 heavy (non-hydrogen) atoms. The molecule has 1 N–H and O–H groups in total. The highest BCUT2D eigenvalue weighted by molar-refractivity contribution is 6.32. The Labute approximate surface area is 257 Å². The Morgan fingerprint density at radius 3 is 2.52 bits per heavy atom.